The Morgan fingerprint density at radius 3 is 2.61 bits per heavy atom. The summed E-state index contributed by atoms with van der Waals surface area (Å²) in [5.41, 5.74) is 0. The van der Waals surface area contributed by atoms with Crippen LogP contribution < -0.4 is 5.32 Å². The number of nitrogens with zero attached hydrogens (tertiary/aromatic N) is 1. The van der Waals surface area contributed by atoms with E-state index in [2.05, 4.69) is 34.7 Å². The van der Waals surface area contributed by atoms with E-state index in [-0.39, 0.29) is 24.8 Å². The number of thiophene rings is 1. The van der Waals surface area contributed by atoms with Crippen molar-refractivity contribution in [3.05, 3.63) is 22.4 Å². The summed E-state index contributed by atoms with van der Waals surface area (Å²) in [6.45, 7) is 6.98. The predicted octanol–water partition coefficient (Wildman–Crippen LogP) is 3.73. The van der Waals surface area contributed by atoms with Crippen LogP contribution >= 0.6 is 36.2 Å². The minimum Gasteiger partial charge on any atom is -0.314 e. The second-order valence-corrected chi connectivity index (χ2v) is 5.44. The Hall–Kier alpha value is 0.200. The third-order valence-electron chi connectivity index (χ3n) is 3.30. The molecule has 0 unspecified atom stereocenters. The van der Waals surface area contributed by atoms with Crippen molar-refractivity contribution >= 4 is 36.2 Å². The van der Waals surface area contributed by atoms with Crippen LogP contribution in [0.2, 0.25) is 0 Å². The molecule has 1 fully saturated rings. The van der Waals surface area contributed by atoms with E-state index in [1.807, 2.05) is 11.3 Å². The van der Waals surface area contributed by atoms with Gasteiger partial charge in [0.2, 0.25) is 0 Å². The molecule has 0 spiro atoms. The van der Waals surface area contributed by atoms with Crippen molar-refractivity contribution in [3.63, 3.8) is 0 Å². The van der Waals surface area contributed by atoms with E-state index in [9.17, 15) is 0 Å². The van der Waals surface area contributed by atoms with Crippen LogP contribution in [0.25, 0.3) is 0 Å². The first-order chi connectivity index (χ1) is 7.92. The van der Waals surface area contributed by atoms with Gasteiger partial charge in [-0.25, -0.2) is 0 Å². The summed E-state index contributed by atoms with van der Waals surface area (Å²) in [4.78, 5) is 4.20. The highest BCUT2D eigenvalue weighted by molar-refractivity contribution is 7.10. The van der Waals surface area contributed by atoms with Crippen molar-refractivity contribution in [3.8, 4) is 0 Å². The number of hydrogen-bond donors (Lipinski definition) is 1. The maximum atomic E-state index is 3.43. The van der Waals surface area contributed by atoms with Crippen molar-refractivity contribution in [2.45, 2.75) is 32.2 Å². The Kier molecular flexibility index (Phi) is 10.2. The van der Waals surface area contributed by atoms with Gasteiger partial charge in [0.05, 0.1) is 0 Å². The van der Waals surface area contributed by atoms with Crippen molar-refractivity contribution < 1.29 is 0 Å². The number of halogens is 2. The Labute approximate surface area is 127 Å². The lowest BCUT2D eigenvalue weighted by Gasteiger charge is -2.34. The van der Waals surface area contributed by atoms with Crippen LogP contribution in [0.1, 0.15) is 37.1 Å². The van der Waals surface area contributed by atoms with Crippen LogP contribution in [0.15, 0.2) is 17.5 Å². The molecule has 0 aromatic carbocycles. The van der Waals surface area contributed by atoms with Crippen LogP contribution in [0.3, 0.4) is 0 Å². The highest BCUT2D eigenvalue weighted by Gasteiger charge is 2.21. The van der Waals surface area contributed by atoms with Gasteiger partial charge in [-0.15, -0.1) is 36.2 Å². The highest BCUT2D eigenvalue weighted by atomic mass is 35.5. The third kappa shape index (κ3) is 5.06. The Bertz CT molecular complexity index is 287. The molecule has 0 aliphatic carbocycles. The molecule has 0 amide bonds. The minimum absolute atomic E-state index is 0. The van der Waals surface area contributed by atoms with Crippen molar-refractivity contribution in [2.24, 2.45) is 0 Å². The summed E-state index contributed by atoms with van der Waals surface area (Å²) in [5, 5.41) is 5.64. The van der Waals surface area contributed by atoms with Crippen LogP contribution in [0, 0.1) is 0 Å². The largest absolute Gasteiger partial charge is 0.314 e. The van der Waals surface area contributed by atoms with E-state index in [1.54, 1.807) is 4.88 Å². The smallest absolute Gasteiger partial charge is 0.0442 e. The molecule has 1 aromatic rings. The van der Waals surface area contributed by atoms with Crippen LogP contribution in [-0.4, -0.2) is 31.1 Å². The van der Waals surface area contributed by atoms with E-state index < -0.39 is 0 Å². The van der Waals surface area contributed by atoms with Crippen LogP contribution in [0.5, 0.6) is 0 Å². The number of rotatable bonds is 5. The first kappa shape index (κ1) is 18.2. The van der Waals surface area contributed by atoms with Gasteiger partial charge in [-0.2, -0.15) is 0 Å². The lowest BCUT2D eigenvalue weighted by molar-refractivity contribution is 0.165. The van der Waals surface area contributed by atoms with Gasteiger partial charge in [0.1, 0.15) is 0 Å². The van der Waals surface area contributed by atoms with Gasteiger partial charge >= 0.3 is 0 Å². The number of nitrogens with one attached hydrogen (secondary N) is 1. The molecule has 1 N–H and O–H groups in total. The Morgan fingerprint density at radius 1 is 1.33 bits per heavy atom. The normalized spacial score (nSPS) is 17.6. The Balaban J connectivity index is 0.00000144. The van der Waals surface area contributed by atoms with E-state index in [1.165, 1.54) is 32.4 Å². The zero-order chi connectivity index (χ0) is 11.2. The first-order valence-electron chi connectivity index (χ1n) is 6.40. The molecule has 0 saturated carbocycles. The maximum absolute atomic E-state index is 3.43. The van der Waals surface area contributed by atoms with Crippen molar-refractivity contribution in [1.82, 2.24) is 10.2 Å². The fraction of sp³-hybridized carbons (Fsp3) is 0.692. The molecule has 1 aliphatic rings. The molecule has 2 heterocycles. The zero-order valence-corrected chi connectivity index (χ0v) is 13.4. The van der Waals surface area contributed by atoms with E-state index >= 15 is 0 Å². The minimum atomic E-state index is 0. The van der Waals surface area contributed by atoms with Gasteiger partial charge in [0, 0.05) is 37.1 Å². The quantitative estimate of drug-likeness (QED) is 0.891. The van der Waals surface area contributed by atoms with Gasteiger partial charge < -0.3 is 5.32 Å². The van der Waals surface area contributed by atoms with Crippen molar-refractivity contribution in [1.29, 1.82) is 0 Å². The average molecular weight is 311 g/mol. The summed E-state index contributed by atoms with van der Waals surface area (Å²) >= 11 is 1.91. The third-order valence-corrected chi connectivity index (χ3v) is 4.27. The Morgan fingerprint density at radius 2 is 2.06 bits per heavy atom. The molecule has 5 heteroatoms. The molecular weight excluding hydrogens is 287 g/mol. The summed E-state index contributed by atoms with van der Waals surface area (Å²) < 4.78 is 0. The molecule has 2 nitrogen and oxygen atoms in total. The van der Waals surface area contributed by atoms with Gasteiger partial charge in [-0.05, 0) is 17.9 Å². The molecule has 1 saturated heterocycles. The summed E-state index contributed by atoms with van der Waals surface area (Å²) in [7, 11) is 0. The monoisotopic (exact) mass is 310 g/mol. The summed E-state index contributed by atoms with van der Waals surface area (Å²) in [6.07, 6.45) is 3.96. The predicted molar refractivity (Wildman–Crippen MR) is 85.5 cm³/mol. The lowest BCUT2D eigenvalue weighted by atomic mass is 10.1. The van der Waals surface area contributed by atoms with Crippen molar-refractivity contribution in [2.75, 3.05) is 26.2 Å². The standard InChI is InChI=1S/C13H22N2S.2ClH/c1-2-3-5-12(13-6-4-11-16-13)15-9-7-14-8-10-15;;/h4,6,11-12,14H,2-3,5,7-10H2,1H3;2*1H/t12-;;/m0../s1. The maximum Gasteiger partial charge on any atom is 0.0442 e. The first-order valence-corrected chi connectivity index (χ1v) is 7.28. The van der Waals surface area contributed by atoms with Gasteiger partial charge in [-0.3, -0.25) is 4.90 Å². The molecule has 0 bridgehead atoms. The van der Waals surface area contributed by atoms with Crippen LogP contribution in [-0.2, 0) is 0 Å². The molecule has 0 radical (unpaired) electrons. The van der Waals surface area contributed by atoms with E-state index in [4.69, 9.17) is 0 Å². The SMILES string of the molecule is CCCC[C@@H](c1cccs1)N1CCNCC1.Cl.Cl. The summed E-state index contributed by atoms with van der Waals surface area (Å²) in [6, 6.07) is 5.15. The molecule has 1 atom stereocenters. The topological polar surface area (TPSA) is 15.3 Å². The molecular formula is C13H24Cl2N2S. The molecule has 106 valence electrons. The number of piperazine rings is 1. The summed E-state index contributed by atoms with van der Waals surface area (Å²) in [5.74, 6) is 0. The van der Waals surface area contributed by atoms with Gasteiger partial charge in [0.25, 0.3) is 0 Å². The van der Waals surface area contributed by atoms with E-state index in [0.29, 0.717) is 6.04 Å². The molecule has 18 heavy (non-hydrogen) atoms. The lowest BCUT2D eigenvalue weighted by Crippen LogP contribution is -2.45. The van der Waals surface area contributed by atoms with E-state index in [0.717, 1.165) is 13.1 Å². The zero-order valence-electron chi connectivity index (χ0n) is 10.9. The molecule has 1 aromatic heterocycles. The fourth-order valence-electron chi connectivity index (χ4n) is 2.38. The fourth-order valence-corrected chi connectivity index (χ4v) is 3.27. The van der Waals surface area contributed by atoms with Gasteiger partial charge in [-0.1, -0.05) is 25.8 Å². The average Bonchev–Trinajstić information content (AvgIpc) is 2.85. The second-order valence-electron chi connectivity index (χ2n) is 4.46. The van der Waals surface area contributed by atoms with Gasteiger partial charge in [0.15, 0.2) is 0 Å². The highest BCUT2D eigenvalue weighted by Crippen LogP contribution is 2.29. The number of unbranched alkanes of at least 4 members (excludes halogenated alkanes) is 1. The number of hydrogen-bond acceptors (Lipinski definition) is 3. The molecule has 2 rings (SSSR count). The second kappa shape index (κ2) is 10.0. The van der Waals surface area contributed by atoms with Crippen LogP contribution in [0.4, 0.5) is 0 Å². The molecule has 1 aliphatic heterocycles.